The lowest BCUT2D eigenvalue weighted by molar-refractivity contribution is 0.188. The number of benzene rings is 3. The number of fused-ring (bicyclic) bond motifs is 2. The van der Waals surface area contributed by atoms with E-state index in [1.165, 1.54) is 16.7 Å². The van der Waals surface area contributed by atoms with Crippen molar-refractivity contribution < 1.29 is 8.42 Å². The third kappa shape index (κ3) is 3.28. The van der Waals surface area contributed by atoms with Crippen molar-refractivity contribution in [1.82, 2.24) is 4.31 Å². The van der Waals surface area contributed by atoms with Gasteiger partial charge >= 0.3 is 0 Å². The third-order valence-electron chi connectivity index (χ3n) is 6.99. The van der Waals surface area contributed by atoms with Crippen molar-refractivity contribution in [3.8, 4) is 0 Å². The van der Waals surface area contributed by atoms with Crippen LogP contribution in [0.15, 0.2) is 83.8 Å². The number of aryl methyl sites for hydroxylation is 1. The Labute approximate surface area is 179 Å². The van der Waals surface area contributed by atoms with Crippen LogP contribution in [-0.4, -0.2) is 25.3 Å². The maximum Gasteiger partial charge on any atom is 0.243 e. The summed E-state index contributed by atoms with van der Waals surface area (Å²) < 4.78 is 29.1. The Morgan fingerprint density at radius 2 is 1.57 bits per heavy atom. The van der Waals surface area contributed by atoms with Crippen molar-refractivity contribution in [2.45, 2.75) is 43.5 Å². The van der Waals surface area contributed by atoms with Gasteiger partial charge in [-0.2, -0.15) is 4.31 Å². The Hall–Kier alpha value is -2.43. The summed E-state index contributed by atoms with van der Waals surface area (Å²) in [5, 5.41) is 0. The van der Waals surface area contributed by atoms with Crippen molar-refractivity contribution in [2.24, 2.45) is 5.41 Å². The van der Waals surface area contributed by atoms with E-state index in [0.717, 1.165) is 31.2 Å². The average Bonchev–Trinajstić information content (AvgIpc) is 3.11. The molecule has 30 heavy (non-hydrogen) atoms. The van der Waals surface area contributed by atoms with E-state index in [9.17, 15) is 8.42 Å². The lowest BCUT2D eigenvalue weighted by Gasteiger charge is -2.42. The van der Waals surface area contributed by atoms with Crippen molar-refractivity contribution in [3.05, 3.63) is 101 Å². The van der Waals surface area contributed by atoms with E-state index in [2.05, 4.69) is 48.5 Å². The first-order valence-corrected chi connectivity index (χ1v) is 12.1. The second-order valence-electron chi connectivity index (χ2n) is 8.87. The molecule has 154 valence electrons. The van der Waals surface area contributed by atoms with Crippen molar-refractivity contribution in [3.63, 3.8) is 0 Å². The molecule has 0 N–H and O–H groups in total. The second kappa shape index (κ2) is 7.36. The normalized spacial score (nSPS) is 23.7. The fourth-order valence-electron chi connectivity index (χ4n) is 5.41. The van der Waals surface area contributed by atoms with Crippen LogP contribution in [0.4, 0.5) is 0 Å². The molecule has 0 amide bonds. The number of hydrogen-bond acceptors (Lipinski definition) is 2. The molecule has 1 saturated heterocycles. The largest absolute Gasteiger partial charge is 0.243 e. The van der Waals surface area contributed by atoms with Crippen molar-refractivity contribution >= 4 is 10.0 Å². The van der Waals surface area contributed by atoms with Gasteiger partial charge in [-0.05, 0) is 66.8 Å². The van der Waals surface area contributed by atoms with Gasteiger partial charge in [0.2, 0.25) is 10.0 Å². The van der Waals surface area contributed by atoms with Gasteiger partial charge in [-0.3, -0.25) is 0 Å². The van der Waals surface area contributed by atoms with Crippen LogP contribution >= 0.6 is 0 Å². The average molecular weight is 418 g/mol. The van der Waals surface area contributed by atoms with E-state index in [1.54, 1.807) is 16.4 Å². The second-order valence-corrected chi connectivity index (χ2v) is 10.8. The van der Waals surface area contributed by atoms with Crippen LogP contribution in [0.5, 0.6) is 0 Å². The number of hydrogen-bond donors (Lipinski definition) is 0. The van der Waals surface area contributed by atoms with E-state index in [0.29, 0.717) is 11.4 Å². The summed E-state index contributed by atoms with van der Waals surface area (Å²) in [4.78, 5) is 0.405. The van der Waals surface area contributed by atoms with Gasteiger partial charge in [-0.1, -0.05) is 72.3 Å². The molecule has 1 aliphatic carbocycles. The topological polar surface area (TPSA) is 37.4 Å². The van der Waals surface area contributed by atoms with Crippen LogP contribution in [0.3, 0.4) is 0 Å². The molecule has 3 aromatic rings. The summed E-state index contributed by atoms with van der Waals surface area (Å²) in [6.07, 6.45) is 3.52. The molecule has 0 unspecified atom stereocenters. The maximum atomic E-state index is 13.6. The quantitative estimate of drug-likeness (QED) is 0.612. The molecule has 2 atom stereocenters. The van der Waals surface area contributed by atoms with Gasteiger partial charge in [0.05, 0.1) is 4.90 Å². The summed E-state index contributed by atoms with van der Waals surface area (Å²) in [7, 11) is -3.53. The van der Waals surface area contributed by atoms with E-state index < -0.39 is 10.0 Å². The molecule has 1 heterocycles. The van der Waals surface area contributed by atoms with Crippen molar-refractivity contribution in [1.29, 1.82) is 0 Å². The first-order valence-electron chi connectivity index (χ1n) is 10.7. The van der Waals surface area contributed by atoms with Crippen LogP contribution in [0.25, 0.3) is 0 Å². The zero-order chi connectivity index (χ0) is 20.8. The predicted octanol–water partition coefficient (Wildman–Crippen LogP) is 4.79. The van der Waals surface area contributed by atoms with Gasteiger partial charge in [0.15, 0.2) is 0 Å². The van der Waals surface area contributed by atoms with Crippen LogP contribution < -0.4 is 0 Å². The molecule has 0 aromatic heterocycles. The van der Waals surface area contributed by atoms with Gasteiger partial charge in [0, 0.05) is 12.6 Å². The summed E-state index contributed by atoms with van der Waals surface area (Å²) in [5.41, 5.74) is 4.96. The highest BCUT2D eigenvalue weighted by Crippen LogP contribution is 2.49. The van der Waals surface area contributed by atoms with Gasteiger partial charge in [0.1, 0.15) is 0 Å². The third-order valence-corrected chi connectivity index (χ3v) is 8.91. The molecular weight excluding hydrogens is 390 g/mol. The highest BCUT2D eigenvalue weighted by Gasteiger charge is 2.53. The highest BCUT2D eigenvalue weighted by molar-refractivity contribution is 7.89. The molecule has 1 fully saturated rings. The van der Waals surface area contributed by atoms with Gasteiger partial charge in [-0.25, -0.2) is 8.42 Å². The monoisotopic (exact) mass is 417 g/mol. The van der Waals surface area contributed by atoms with Crippen LogP contribution in [0.2, 0.25) is 0 Å². The van der Waals surface area contributed by atoms with Crippen LogP contribution in [-0.2, 0) is 29.3 Å². The Morgan fingerprint density at radius 3 is 2.30 bits per heavy atom. The molecule has 3 aromatic carbocycles. The number of rotatable bonds is 4. The first-order chi connectivity index (χ1) is 14.5. The molecule has 0 saturated carbocycles. The molecule has 0 spiro atoms. The fourth-order valence-corrected chi connectivity index (χ4v) is 7.12. The minimum Gasteiger partial charge on any atom is -0.207 e. The summed E-state index contributed by atoms with van der Waals surface area (Å²) >= 11 is 0. The molecular formula is C26H27NO2S. The SMILES string of the molecule is Cc1ccc(S(=O)(=O)N2CC[C@@]3(Cc4ccccc4)Cc4ccccc4C[C@@H]23)cc1. The van der Waals surface area contributed by atoms with E-state index in [-0.39, 0.29) is 11.5 Å². The highest BCUT2D eigenvalue weighted by atomic mass is 32.2. The Kier molecular flexibility index (Phi) is 4.79. The zero-order valence-electron chi connectivity index (χ0n) is 17.3. The number of nitrogens with zero attached hydrogens (tertiary/aromatic N) is 1. The molecule has 0 radical (unpaired) electrons. The summed E-state index contributed by atoms with van der Waals surface area (Å²) in [6, 6.07) is 26.3. The van der Waals surface area contributed by atoms with Gasteiger partial charge < -0.3 is 0 Å². The minimum atomic E-state index is -3.53. The summed E-state index contributed by atoms with van der Waals surface area (Å²) in [5.74, 6) is 0. The molecule has 1 aliphatic heterocycles. The van der Waals surface area contributed by atoms with Crippen LogP contribution in [0.1, 0.15) is 28.7 Å². The minimum absolute atomic E-state index is 0.0149. The van der Waals surface area contributed by atoms with E-state index in [1.807, 2.05) is 25.1 Å². The van der Waals surface area contributed by atoms with E-state index in [4.69, 9.17) is 0 Å². The lowest BCUT2D eigenvalue weighted by atomic mass is 9.65. The smallest absolute Gasteiger partial charge is 0.207 e. The molecule has 2 aliphatic rings. The maximum absolute atomic E-state index is 13.6. The first kappa shape index (κ1) is 19.5. The molecule has 5 rings (SSSR count). The number of sulfonamides is 1. The van der Waals surface area contributed by atoms with Crippen LogP contribution in [0, 0.1) is 12.3 Å². The molecule has 3 nitrogen and oxygen atoms in total. The fraction of sp³-hybridized carbons (Fsp3) is 0.308. The Bertz CT molecular complexity index is 1160. The Balaban J connectivity index is 1.57. The lowest BCUT2D eigenvalue weighted by Crippen LogP contribution is -2.48. The van der Waals surface area contributed by atoms with Gasteiger partial charge in [-0.15, -0.1) is 0 Å². The predicted molar refractivity (Wildman–Crippen MR) is 120 cm³/mol. The zero-order valence-corrected chi connectivity index (χ0v) is 18.1. The van der Waals surface area contributed by atoms with Crippen molar-refractivity contribution in [2.75, 3.05) is 6.54 Å². The summed E-state index contributed by atoms with van der Waals surface area (Å²) in [6.45, 7) is 2.57. The standard InChI is InChI=1S/C26H27NO2S/c1-20-11-13-24(14-12-20)30(28,29)27-16-15-26(18-21-7-3-2-4-8-21)19-23-10-6-5-9-22(23)17-25(26)27/h2-14,25H,15-19H2,1H3/t25-,26-/m1/s1. The van der Waals surface area contributed by atoms with E-state index >= 15 is 0 Å². The molecule has 4 heteroatoms. The molecule has 0 bridgehead atoms. The Morgan fingerprint density at radius 1 is 0.900 bits per heavy atom. The van der Waals surface area contributed by atoms with Gasteiger partial charge in [0.25, 0.3) is 0 Å².